The number of fused-ring (bicyclic) bond motifs is 1. The molecule has 7 heteroatoms. The van der Waals surface area contributed by atoms with Crippen LogP contribution >= 0.6 is 11.8 Å². The zero-order valence-corrected chi connectivity index (χ0v) is 17.4. The minimum Gasteiger partial charge on any atom is -0.341 e. The first-order chi connectivity index (χ1) is 14.1. The highest BCUT2D eigenvalue weighted by molar-refractivity contribution is 8.18. The third kappa shape index (κ3) is 4.10. The van der Waals surface area contributed by atoms with Gasteiger partial charge in [-0.05, 0) is 42.7 Å². The van der Waals surface area contributed by atoms with Crippen molar-refractivity contribution < 1.29 is 14.4 Å². The van der Waals surface area contributed by atoms with Crippen LogP contribution in [0.4, 0.5) is 4.79 Å². The van der Waals surface area contributed by atoms with Crippen molar-refractivity contribution >= 4 is 45.8 Å². The number of carbonyl (C=O) groups excluding carboxylic acids is 3. The number of thioether (sulfide) groups is 1. The second-order valence-corrected chi connectivity index (χ2v) is 8.54. The Balaban J connectivity index is 1.71. The smallest absolute Gasteiger partial charge is 0.290 e. The molecule has 1 aromatic heterocycles. The van der Waals surface area contributed by atoms with E-state index in [4.69, 9.17) is 0 Å². The number of carbonyl (C=O) groups is 3. The number of likely N-dealkylation sites (tertiary alicyclic amines) is 1. The molecule has 0 spiro atoms. The van der Waals surface area contributed by atoms with Crippen LogP contribution in [0.5, 0.6) is 0 Å². The van der Waals surface area contributed by atoms with Gasteiger partial charge in [0.05, 0.1) is 10.4 Å². The Labute approximate surface area is 174 Å². The highest BCUT2D eigenvalue weighted by atomic mass is 32.2. The van der Waals surface area contributed by atoms with Gasteiger partial charge in [-0.25, -0.2) is 0 Å². The summed E-state index contributed by atoms with van der Waals surface area (Å²) in [5, 5.41) is 2.94. The molecule has 2 aromatic rings. The summed E-state index contributed by atoms with van der Waals surface area (Å²) in [5.41, 5.74) is 3.04. The SMILES string of the molecule is CCc1cccc2c(/C=C3\SC(=O)NC3=O)cn(CC(=O)N3CCCCCC3)c12. The summed E-state index contributed by atoms with van der Waals surface area (Å²) in [5.74, 6) is -0.231. The quantitative estimate of drug-likeness (QED) is 0.774. The van der Waals surface area contributed by atoms with Crippen molar-refractivity contribution in [2.75, 3.05) is 13.1 Å². The highest BCUT2D eigenvalue weighted by Crippen LogP contribution is 2.31. The van der Waals surface area contributed by atoms with E-state index < -0.39 is 0 Å². The number of aromatic nitrogens is 1. The Kier molecular flexibility index (Phi) is 5.76. The largest absolute Gasteiger partial charge is 0.341 e. The van der Waals surface area contributed by atoms with Crippen molar-refractivity contribution in [3.8, 4) is 0 Å². The van der Waals surface area contributed by atoms with Crippen molar-refractivity contribution in [1.29, 1.82) is 0 Å². The van der Waals surface area contributed by atoms with Gasteiger partial charge in [-0.15, -0.1) is 0 Å². The van der Waals surface area contributed by atoms with E-state index in [0.29, 0.717) is 4.91 Å². The number of nitrogens with one attached hydrogen (secondary N) is 1. The van der Waals surface area contributed by atoms with Crippen LogP contribution in [0.25, 0.3) is 17.0 Å². The number of rotatable bonds is 4. The maximum absolute atomic E-state index is 13.0. The molecule has 152 valence electrons. The third-order valence-electron chi connectivity index (χ3n) is 5.59. The molecule has 29 heavy (non-hydrogen) atoms. The van der Waals surface area contributed by atoms with Gasteiger partial charge in [-0.1, -0.05) is 38.0 Å². The number of aryl methyl sites for hydroxylation is 1. The van der Waals surface area contributed by atoms with Crippen molar-refractivity contribution in [2.24, 2.45) is 0 Å². The lowest BCUT2D eigenvalue weighted by molar-refractivity contribution is -0.131. The molecule has 0 radical (unpaired) electrons. The van der Waals surface area contributed by atoms with E-state index in [9.17, 15) is 14.4 Å². The maximum Gasteiger partial charge on any atom is 0.290 e. The molecule has 0 bridgehead atoms. The van der Waals surface area contributed by atoms with Crippen LogP contribution in [0.3, 0.4) is 0 Å². The van der Waals surface area contributed by atoms with Crippen LogP contribution in [0, 0.1) is 0 Å². The minimum atomic E-state index is -0.367. The first-order valence-electron chi connectivity index (χ1n) is 10.2. The van der Waals surface area contributed by atoms with Gasteiger partial charge < -0.3 is 9.47 Å². The predicted octanol–water partition coefficient (Wildman–Crippen LogP) is 3.93. The van der Waals surface area contributed by atoms with Gasteiger partial charge in [-0.2, -0.15) is 0 Å². The molecule has 0 atom stereocenters. The Hall–Kier alpha value is -2.54. The molecule has 4 rings (SSSR count). The van der Waals surface area contributed by atoms with Gasteiger partial charge in [0.1, 0.15) is 6.54 Å². The van der Waals surface area contributed by atoms with E-state index >= 15 is 0 Å². The Morgan fingerprint density at radius 1 is 1.17 bits per heavy atom. The van der Waals surface area contributed by atoms with Gasteiger partial charge in [0.2, 0.25) is 5.91 Å². The molecule has 2 aliphatic heterocycles. The molecule has 1 aromatic carbocycles. The second kappa shape index (κ2) is 8.45. The predicted molar refractivity (Wildman–Crippen MR) is 115 cm³/mol. The molecule has 2 saturated heterocycles. The van der Waals surface area contributed by atoms with Crippen LogP contribution in [0.1, 0.15) is 43.7 Å². The minimum absolute atomic E-state index is 0.136. The number of imide groups is 1. The lowest BCUT2D eigenvalue weighted by Gasteiger charge is -2.21. The monoisotopic (exact) mass is 411 g/mol. The molecule has 3 heterocycles. The summed E-state index contributed by atoms with van der Waals surface area (Å²) >= 11 is 0.912. The Morgan fingerprint density at radius 3 is 2.59 bits per heavy atom. The van der Waals surface area contributed by atoms with Crippen LogP contribution in [0.2, 0.25) is 0 Å². The highest BCUT2D eigenvalue weighted by Gasteiger charge is 2.26. The number of hydrogen-bond donors (Lipinski definition) is 1. The van der Waals surface area contributed by atoms with E-state index in [-0.39, 0.29) is 23.6 Å². The summed E-state index contributed by atoms with van der Waals surface area (Å²) in [6.45, 7) is 4.04. The summed E-state index contributed by atoms with van der Waals surface area (Å²) < 4.78 is 2.01. The number of nitrogens with zero attached hydrogens (tertiary/aromatic N) is 2. The molecule has 2 aliphatic rings. The van der Waals surface area contributed by atoms with Crippen LogP contribution in [-0.2, 0) is 22.6 Å². The van der Waals surface area contributed by atoms with Crippen LogP contribution in [0.15, 0.2) is 29.3 Å². The van der Waals surface area contributed by atoms with E-state index in [2.05, 4.69) is 18.3 Å². The van der Waals surface area contributed by atoms with Crippen molar-refractivity contribution in [2.45, 2.75) is 45.6 Å². The molecular weight excluding hydrogens is 386 g/mol. The molecular formula is C22H25N3O3S. The molecule has 0 saturated carbocycles. The van der Waals surface area contributed by atoms with Gasteiger partial charge in [0.25, 0.3) is 11.1 Å². The maximum atomic E-state index is 13.0. The van der Waals surface area contributed by atoms with E-state index in [1.807, 2.05) is 27.8 Å². The Bertz CT molecular complexity index is 1000. The molecule has 0 aliphatic carbocycles. The number of amides is 3. The van der Waals surface area contributed by atoms with Gasteiger partial charge in [0, 0.05) is 30.2 Å². The first-order valence-corrected chi connectivity index (χ1v) is 11.0. The number of para-hydroxylation sites is 1. The van der Waals surface area contributed by atoms with Crippen LogP contribution < -0.4 is 5.32 Å². The van der Waals surface area contributed by atoms with E-state index in [1.54, 1.807) is 6.08 Å². The summed E-state index contributed by atoms with van der Waals surface area (Å²) in [4.78, 5) is 38.8. The second-order valence-electron chi connectivity index (χ2n) is 7.53. The summed E-state index contributed by atoms with van der Waals surface area (Å²) in [6.07, 6.45) is 9.04. The van der Waals surface area contributed by atoms with E-state index in [0.717, 1.165) is 66.1 Å². The fraction of sp³-hybridized carbons (Fsp3) is 0.409. The number of hydrogen-bond acceptors (Lipinski definition) is 4. The Morgan fingerprint density at radius 2 is 1.93 bits per heavy atom. The topological polar surface area (TPSA) is 71.4 Å². The third-order valence-corrected chi connectivity index (χ3v) is 6.40. The average molecular weight is 412 g/mol. The van der Waals surface area contributed by atoms with Crippen molar-refractivity contribution in [3.05, 3.63) is 40.4 Å². The van der Waals surface area contributed by atoms with Gasteiger partial charge in [0.15, 0.2) is 0 Å². The van der Waals surface area contributed by atoms with Gasteiger partial charge in [-0.3, -0.25) is 19.7 Å². The lowest BCUT2D eigenvalue weighted by Crippen LogP contribution is -2.34. The first kappa shape index (κ1) is 19.8. The molecule has 3 amide bonds. The van der Waals surface area contributed by atoms with Crippen LogP contribution in [-0.4, -0.2) is 39.6 Å². The van der Waals surface area contributed by atoms with Gasteiger partial charge >= 0.3 is 0 Å². The van der Waals surface area contributed by atoms with E-state index in [1.165, 1.54) is 12.8 Å². The fourth-order valence-electron chi connectivity index (χ4n) is 4.12. The zero-order chi connectivity index (χ0) is 20.4. The van der Waals surface area contributed by atoms with Crippen molar-refractivity contribution in [3.63, 3.8) is 0 Å². The normalized spacial score (nSPS) is 19.1. The average Bonchev–Trinajstić information content (AvgIpc) is 3.07. The standard InChI is InChI=1S/C22H25N3O3S/c1-2-15-8-7-9-17-16(12-18-21(27)23-22(28)29-18)13-25(20(15)17)14-19(26)24-10-5-3-4-6-11-24/h7-9,12-13H,2-6,10-11,14H2,1H3,(H,23,27,28)/b18-12-. The molecule has 1 N–H and O–H groups in total. The number of benzene rings is 1. The lowest BCUT2D eigenvalue weighted by atomic mass is 10.1. The van der Waals surface area contributed by atoms with Crippen molar-refractivity contribution in [1.82, 2.24) is 14.8 Å². The zero-order valence-electron chi connectivity index (χ0n) is 16.6. The molecule has 2 fully saturated rings. The molecule has 0 unspecified atom stereocenters. The fourth-order valence-corrected chi connectivity index (χ4v) is 4.79. The molecule has 6 nitrogen and oxygen atoms in total. The summed E-state index contributed by atoms with van der Waals surface area (Å²) in [7, 11) is 0. The summed E-state index contributed by atoms with van der Waals surface area (Å²) in [6, 6.07) is 6.08.